The van der Waals surface area contributed by atoms with Gasteiger partial charge in [-0.3, -0.25) is 4.98 Å². The molecule has 0 aliphatic carbocycles. The number of benzene rings is 2. The number of halogens is 2. The van der Waals surface area contributed by atoms with Crippen molar-refractivity contribution in [1.29, 1.82) is 0 Å². The zero-order chi connectivity index (χ0) is 93.5. The number of aromatic amines is 1. The molecule has 0 bridgehead atoms. The number of aliphatic hydroxyl groups excluding tert-OH is 15. The van der Waals surface area contributed by atoms with Gasteiger partial charge in [0.15, 0.2) is 37.0 Å². The van der Waals surface area contributed by atoms with E-state index in [0.29, 0.717) is 39.4 Å². The molecule has 16 N–H and O–H groups in total. The number of aromatic nitrogens is 15. The van der Waals surface area contributed by atoms with Crippen LogP contribution in [0.2, 0.25) is 0 Å². The van der Waals surface area contributed by atoms with Crippen LogP contribution < -0.4 is 0 Å². The minimum Gasteiger partial charge on any atom is -0.466 e. The largest absolute Gasteiger partial charge is 0.466 e. The number of pyridine rings is 3. The lowest BCUT2D eigenvalue weighted by atomic mass is 9.96. The van der Waals surface area contributed by atoms with Gasteiger partial charge in [0.25, 0.3) is 0 Å². The van der Waals surface area contributed by atoms with Crippen molar-refractivity contribution in [2.75, 3.05) is 0 Å². The minimum atomic E-state index is -1.49. The number of hydrogen-bond acceptors (Lipinski definition) is 33. The van der Waals surface area contributed by atoms with Crippen LogP contribution in [0.1, 0.15) is 124 Å². The van der Waals surface area contributed by atoms with Crippen LogP contribution in [0.3, 0.4) is 0 Å². The number of fused-ring (bicyclic) bond motifs is 6. The maximum absolute atomic E-state index is 14.3. The molecule has 0 saturated carbocycles. The van der Waals surface area contributed by atoms with Crippen LogP contribution in [0.25, 0.3) is 66.1 Å². The molecule has 0 amide bonds. The monoisotopic (exact) mass is 1840 g/mol. The van der Waals surface area contributed by atoms with Gasteiger partial charge in [-0.15, -0.1) is 0 Å². The zero-order valence-electron chi connectivity index (χ0n) is 70.9. The van der Waals surface area contributed by atoms with Crippen molar-refractivity contribution < 1.29 is 126 Å². The molecule has 0 spiro atoms. The van der Waals surface area contributed by atoms with Crippen LogP contribution in [0.4, 0.5) is 8.78 Å². The molecule has 5 saturated heterocycles. The molecule has 132 heavy (non-hydrogen) atoms. The van der Waals surface area contributed by atoms with Gasteiger partial charge < -0.3 is 137 Å². The average molecular weight is 1840 g/mol. The SMILES string of the molecule is Cc1ccccc1C(O)C1OC(n2ccc3c(C)ncnc32)C(O)C1O.Cc1ccnc2c1ccn2C1OC(C(O)c2ccco2)C(O)C1O.Cc1ccnc2c1ccn2C1OC(C(O)c2ccco2)C(O)C1O.Cc1ncnc2c1c(F)cn2C1OC(C(O)c2ccc(F)cn2)C(O)C1O.Cc1ncnc2c1ccn2C1OC(C(O)c2cccc3cc[nH]c23)C(O)C1O.O=S=O. The van der Waals surface area contributed by atoms with Crippen molar-refractivity contribution in [3.05, 3.63) is 282 Å². The smallest absolute Gasteiger partial charge is 0.335 e. The van der Waals surface area contributed by atoms with Gasteiger partial charge in [0, 0.05) is 76.7 Å². The third-order valence-electron chi connectivity index (χ3n) is 24.3. The normalized spacial score (nSPS) is 26.8. The van der Waals surface area contributed by atoms with Crippen LogP contribution >= 0.6 is 0 Å². The molecule has 692 valence electrons. The Bertz CT molecular complexity index is 6560. The summed E-state index contributed by atoms with van der Waals surface area (Å²) < 4.78 is 91.2. The number of aryl methyl sites for hydroxylation is 6. The predicted octanol–water partition coefficient (Wildman–Crippen LogP) is 5.65. The highest BCUT2D eigenvalue weighted by atomic mass is 32.1. The summed E-state index contributed by atoms with van der Waals surface area (Å²) in [4.78, 5) is 40.4. The van der Waals surface area contributed by atoms with Crippen molar-refractivity contribution >= 4 is 77.6 Å². The highest BCUT2D eigenvalue weighted by Crippen LogP contribution is 2.45. The lowest BCUT2D eigenvalue weighted by Gasteiger charge is -2.22. The van der Waals surface area contributed by atoms with E-state index in [4.69, 9.17) is 40.9 Å². The van der Waals surface area contributed by atoms with Crippen molar-refractivity contribution in [1.82, 2.24) is 72.7 Å². The second-order valence-corrected chi connectivity index (χ2v) is 32.4. The molecule has 16 aromatic rings. The van der Waals surface area contributed by atoms with Crippen LogP contribution in [-0.4, -0.2) is 249 Å². The standard InChI is InChI=1S/C20H20N4O4.C19H21N3O4.C17H16F2N4O4.2C17H18N2O5.O2S/c1-10-12-6-8-24(19(12)23-9-22-10)20-17(27)16(26)18(28-20)15(25)13-4-2-3-11-5-7-21-14(11)13;1-10-5-3-4-6-12(10)14(23)17-15(24)16(25)19(26-17)22-8-7-13-11(2)20-9-21-18(13)22;1-7-11-9(19)5-23(16(11)22-6-21-7)17-14(26)13(25)15(27-17)12(24)10-3-2-8(18)4-20-10;2*1-9-4-6-18-16-10(9)5-7-19(16)17-14(22)13(21)15(24-17)12(20)11-3-2-8-23-11;1-3-2/h2-9,15-18,20-21,25-27H,1H3;3-9,14-17,19,23-25H,1-2H3;2-6,12-15,17,24-26H,1H3;2*2-8,12-15,17,20-22H,1H3;. The van der Waals surface area contributed by atoms with Crippen LogP contribution in [0.5, 0.6) is 0 Å². The second kappa shape index (κ2) is 39.3. The highest BCUT2D eigenvalue weighted by Gasteiger charge is 2.53. The first-order valence-electron chi connectivity index (χ1n) is 41.6. The Morgan fingerprint density at radius 2 is 0.765 bits per heavy atom. The second-order valence-electron chi connectivity index (χ2n) is 32.3. The van der Waals surface area contributed by atoms with E-state index < -0.39 is 176 Å². The fraction of sp³-hybridized carbons (Fsp3) is 0.344. The number of ether oxygens (including phenoxy) is 5. The maximum Gasteiger partial charge on any atom is 0.335 e. The van der Waals surface area contributed by atoms with Gasteiger partial charge in [-0.25, -0.2) is 48.7 Å². The summed E-state index contributed by atoms with van der Waals surface area (Å²) >= 11 is -0.750. The molecule has 42 heteroatoms. The Morgan fingerprint density at radius 1 is 0.371 bits per heavy atom. The van der Waals surface area contributed by atoms with Gasteiger partial charge >= 0.3 is 11.6 Å². The molecule has 14 aromatic heterocycles. The quantitative estimate of drug-likeness (QED) is 0.0589. The average Bonchev–Trinajstić information content (AvgIpc) is 1.63. The number of nitrogens with one attached hydrogen (secondary N) is 1. The van der Waals surface area contributed by atoms with Gasteiger partial charge in [0.2, 0.25) is 0 Å². The first-order valence-corrected chi connectivity index (χ1v) is 42.2. The third kappa shape index (κ3) is 17.8. The molecule has 5 aliphatic rings. The molecule has 21 rings (SSSR count). The first kappa shape index (κ1) is 93.1. The molecule has 19 heterocycles. The van der Waals surface area contributed by atoms with Crippen molar-refractivity contribution in [2.45, 2.75) is 195 Å². The fourth-order valence-corrected chi connectivity index (χ4v) is 17.3. The summed E-state index contributed by atoms with van der Waals surface area (Å²) in [6, 6.07) is 34.9. The van der Waals surface area contributed by atoms with E-state index in [1.165, 1.54) is 42.1 Å². The molecule has 25 unspecified atom stereocenters. The maximum atomic E-state index is 14.3. The van der Waals surface area contributed by atoms with E-state index >= 15 is 0 Å². The number of hydrogen-bond donors (Lipinski definition) is 16. The summed E-state index contributed by atoms with van der Waals surface area (Å²) in [6.45, 7) is 11.2. The molecular formula is C90H93F2N15O24S. The zero-order valence-corrected chi connectivity index (χ0v) is 71.7. The van der Waals surface area contributed by atoms with Crippen molar-refractivity contribution in [2.24, 2.45) is 0 Å². The summed E-state index contributed by atoms with van der Waals surface area (Å²) in [5.41, 5.74) is 9.86. The first-order chi connectivity index (χ1) is 63.5. The van der Waals surface area contributed by atoms with Crippen molar-refractivity contribution in [3.63, 3.8) is 0 Å². The summed E-state index contributed by atoms with van der Waals surface area (Å²) in [5.74, 6) is -0.629. The van der Waals surface area contributed by atoms with Crippen LogP contribution in [0.15, 0.2) is 217 Å². The number of aliphatic hydroxyl groups is 15. The van der Waals surface area contributed by atoms with Gasteiger partial charge in [0.05, 0.1) is 52.4 Å². The van der Waals surface area contributed by atoms with Crippen molar-refractivity contribution in [3.8, 4) is 0 Å². The van der Waals surface area contributed by atoms with Gasteiger partial charge in [-0.1, -0.05) is 42.5 Å². The molecular weight excluding hydrogens is 1750 g/mol. The fourth-order valence-electron chi connectivity index (χ4n) is 17.3. The summed E-state index contributed by atoms with van der Waals surface area (Å²) in [7, 11) is 0. The summed E-state index contributed by atoms with van der Waals surface area (Å²) in [6.07, 6.45) is -7.30. The molecule has 0 radical (unpaired) electrons. The van der Waals surface area contributed by atoms with E-state index in [9.17, 15) is 85.4 Å². The Labute approximate surface area is 750 Å². The number of nitrogens with zero attached hydrogens (tertiary/aromatic N) is 14. The van der Waals surface area contributed by atoms with E-state index in [2.05, 4.69) is 49.8 Å². The molecule has 25 atom stereocenters. The van der Waals surface area contributed by atoms with Gasteiger partial charge in [0.1, 0.15) is 187 Å². The highest BCUT2D eigenvalue weighted by molar-refractivity contribution is 7.51. The minimum absolute atomic E-state index is 0.0648. The number of para-hydroxylation sites is 1. The Morgan fingerprint density at radius 3 is 1.20 bits per heavy atom. The topological polar surface area (TPSA) is 566 Å². The molecule has 39 nitrogen and oxygen atoms in total. The number of H-pyrrole nitrogens is 1. The Balaban J connectivity index is 0.000000120. The van der Waals surface area contributed by atoms with Crippen LogP contribution in [0, 0.1) is 53.2 Å². The Hall–Kier alpha value is -12.2. The lowest BCUT2D eigenvalue weighted by molar-refractivity contribution is -0.0903. The number of furan rings is 2. The molecule has 5 fully saturated rings. The van der Waals surface area contributed by atoms with E-state index in [0.717, 1.165) is 79.0 Å². The van der Waals surface area contributed by atoms with Crippen LogP contribution in [-0.2, 0) is 35.3 Å². The number of rotatable bonds is 15. The molecule has 5 aliphatic heterocycles. The Kier molecular flexibility index (Phi) is 27.7. The lowest BCUT2D eigenvalue weighted by Crippen LogP contribution is -2.35. The van der Waals surface area contributed by atoms with Gasteiger partial charge in [-0.05, 0) is 148 Å². The third-order valence-corrected chi connectivity index (χ3v) is 24.3. The van der Waals surface area contributed by atoms with Gasteiger partial charge in [-0.2, -0.15) is 8.42 Å². The summed E-state index contributed by atoms with van der Waals surface area (Å²) in [5, 5.41) is 162. The van der Waals surface area contributed by atoms with E-state index in [1.54, 1.807) is 105 Å². The predicted molar refractivity (Wildman–Crippen MR) is 460 cm³/mol. The van der Waals surface area contributed by atoms with E-state index in [1.807, 2.05) is 107 Å². The van der Waals surface area contributed by atoms with E-state index in [-0.39, 0.29) is 28.2 Å². The molecule has 2 aromatic carbocycles.